The van der Waals surface area contributed by atoms with Crippen LogP contribution in [0.2, 0.25) is 0 Å². The highest BCUT2D eigenvalue weighted by Crippen LogP contribution is 2.30. The summed E-state index contributed by atoms with van der Waals surface area (Å²) in [6.07, 6.45) is 5.87. The summed E-state index contributed by atoms with van der Waals surface area (Å²) in [5.41, 5.74) is 7.31. The number of benzene rings is 1. The monoisotopic (exact) mass is 272 g/mol. The standard InChI is InChI=1S/C15H16N2O3/c1-2-5-12(16)14(18)17-9-8-10-6-3-4-7-11(10)13(17)15(19)20/h1,3-4,6-7,12-13H,5,8-9,16H2,(H,19,20). The molecule has 1 aliphatic rings. The van der Waals surface area contributed by atoms with Gasteiger partial charge in [-0.3, -0.25) is 4.79 Å². The summed E-state index contributed by atoms with van der Waals surface area (Å²) in [6, 6.07) is 5.40. The highest BCUT2D eigenvalue weighted by atomic mass is 16.4. The maximum atomic E-state index is 12.3. The Morgan fingerprint density at radius 3 is 2.85 bits per heavy atom. The van der Waals surface area contributed by atoms with Crippen LogP contribution in [0, 0.1) is 12.3 Å². The number of nitrogens with two attached hydrogens (primary N) is 1. The number of aliphatic carboxylic acids is 1. The summed E-state index contributed by atoms with van der Waals surface area (Å²) in [5.74, 6) is 0.862. The van der Waals surface area contributed by atoms with Gasteiger partial charge in [-0.1, -0.05) is 24.3 Å². The predicted octanol–water partition coefficient (Wildman–Crippen LogP) is 0.548. The number of rotatable bonds is 3. The molecule has 3 N–H and O–H groups in total. The molecule has 2 atom stereocenters. The molecule has 20 heavy (non-hydrogen) atoms. The van der Waals surface area contributed by atoms with Crippen LogP contribution in [0.5, 0.6) is 0 Å². The summed E-state index contributed by atoms with van der Waals surface area (Å²) in [5, 5.41) is 9.44. The largest absolute Gasteiger partial charge is 0.479 e. The minimum atomic E-state index is -1.06. The molecular weight excluding hydrogens is 256 g/mol. The van der Waals surface area contributed by atoms with Crippen LogP contribution in [0.3, 0.4) is 0 Å². The molecular formula is C15H16N2O3. The molecule has 0 aromatic heterocycles. The molecule has 1 aromatic carbocycles. The van der Waals surface area contributed by atoms with Crippen LogP contribution in [0.15, 0.2) is 24.3 Å². The van der Waals surface area contributed by atoms with Crippen LogP contribution < -0.4 is 5.73 Å². The Hall–Kier alpha value is -2.32. The number of carbonyl (C=O) groups is 2. The van der Waals surface area contributed by atoms with E-state index in [0.29, 0.717) is 18.5 Å². The first kappa shape index (κ1) is 14.1. The minimum absolute atomic E-state index is 0.101. The Morgan fingerprint density at radius 1 is 1.50 bits per heavy atom. The van der Waals surface area contributed by atoms with Crippen LogP contribution in [0.25, 0.3) is 0 Å². The van der Waals surface area contributed by atoms with Crippen molar-refractivity contribution >= 4 is 11.9 Å². The molecule has 2 unspecified atom stereocenters. The van der Waals surface area contributed by atoms with Gasteiger partial charge in [0.2, 0.25) is 5.91 Å². The molecule has 0 bridgehead atoms. The second-order valence-corrected chi connectivity index (χ2v) is 4.74. The SMILES string of the molecule is C#CCC(N)C(=O)N1CCc2ccccc2C1C(=O)O. The first-order chi connectivity index (χ1) is 9.56. The van der Waals surface area contributed by atoms with Gasteiger partial charge < -0.3 is 15.7 Å². The fraction of sp³-hybridized carbons (Fsp3) is 0.333. The summed E-state index contributed by atoms with van der Waals surface area (Å²) in [6.45, 7) is 0.338. The maximum absolute atomic E-state index is 12.3. The third-order valence-electron chi connectivity index (χ3n) is 3.46. The predicted molar refractivity (Wildman–Crippen MR) is 73.7 cm³/mol. The third-order valence-corrected chi connectivity index (χ3v) is 3.46. The molecule has 1 heterocycles. The van der Waals surface area contributed by atoms with E-state index in [0.717, 1.165) is 5.56 Å². The lowest BCUT2D eigenvalue weighted by molar-refractivity contribution is -0.151. The van der Waals surface area contributed by atoms with Crippen molar-refractivity contribution in [3.8, 4) is 12.3 Å². The first-order valence-corrected chi connectivity index (χ1v) is 6.36. The molecule has 0 saturated heterocycles. The molecule has 5 heteroatoms. The van der Waals surface area contributed by atoms with E-state index in [1.54, 1.807) is 12.1 Å². The summed E-state index contributed by atoms with van der Waals surface area (Å²) in [7, 11) is 0. The van der Waals surface area contributed by atoms with E-state index in [4.69, 9.17) is 12.2 Å². The lowest BCUT2D eigenvalue weighted by atomic mass is 9.92. The molecule has 1 amide bonds. The zero-order valence-corrected chi connectivity index (χ0v) is 11.0. The van der Waals surface area contributed by atoms with Crippen molar-refractivity contribution in [2.75, 3.05) is 6.54 Å². The minimum Gasteiger partial charge on any atom is -0.479 e. The van der Waals surface area contributed by atoms with Crippen molar-refractivity contribution in [2.45, 2.75) is 24.9 Å². The normalized spacial score (nSPS) is 18.8. The molecule has 2 rings (SSSR count). The Labute approximate surface area is 117 Å². The lowest BCUT2D eigenvalue weighted by Crippen LogP contribution is -2.50. The van der Waals surface area contributed by atoms with E-state index in [-0.39, 0.29) is 6.42 Å². The molecule has 1 aliphatic heterocycles. The van der Waals surface area contributed by atoms with Gasteiger partial charge in [-0.05, 0) is 17.5 Å². The highest BCUT2D eigenvalue weighted by molar-refractivity contribution is 5.88. The van der Waals surface area contributed by atoms with Gasteiger partial charge in [0.05, 0.1) is 6.04 Å². The second-order valence-electron chi connectivity index (χ2n) is 4.74. The van der Waals surface area contributed by atoms with Crippen molar-refractivity contribution in [3.05, 3.63) is 35.4 Å². The lowest BCUT2D eigenvalue weighted by Gasteiger charge is -2.36. The van der Waals surface area contributed by atoms with E-state index >= 15 is 0 Å². The molecule has 0 aliphatic carbocycles. The number of fused-ring (bicyclic) bond motifs is 1. The van der Waals surface area contributed by atoms with Crippen LogP contribution in [-0.2, 0) is 16.0 Å². The van der Waals surface area contributed by atoms with Gasteiger partial charge in [0.15, 0.2) is 6.04 Å². The van der Waals surface area contributed by atoms with Crippen molar-refractivity contribution in [3.63, 3.8) is 0 Å². The number of hydrogen-bond donors (Lipinski definition) is 2. The number of carboxylic acids is 1. The molecule has 1 aromatic rings. The van der Waals surface area contributed by atoms with Crippen LogP contribution in [-0.4, -0.2) is 34.5 Å². The van der Waals surface area contributed by atoms with Gasteiger partial charge in [-0.15, -0.1) is 12.3 Å². The van der Waals surface area contributed by atoms with Gasteiger partial charge in [-0.2, -0.15) is 0 Å². The molecule has 5 nitrogen and oxygen atoms in total. The zero-order chi connectivity index (χ0) is 14.7. The quantitative estimate of drug-likeness (QED) is 0.787. The second kappa shape index (κ2) is 5.76. The smallest absolute Gasteiger partial charge is 0.331 e. The molecule has 0 saturated carbocycles. The van der Waals surface area contributed by atoms with Crippen molar-refractivity contribution in [1.29, 1.82) is 0 Å². The van der Waals surface area contributed by atoms with Gasteiger partial charge in [-0.25, -0.2) is 4.79 Å². The van der Waals surface area contributed by atoms with Crippen molar-refractivity contribution < 1.29 is 14.7 Å². The van der Waals surface area contributed by atoms with Crippen LogP contribution in [0.4, 0.5) is 0 Å². The topological polar surface area (TPSA) is 83.6 Å². The number of carboxylic acid groups (broad SMARTS) is 1. The summed E-state index contributed by atoms with van der Waals surface area (Å²) < 4.78 is 0. The van der Waals surface area contributed by atoms with Gasteiger partial charge >= 0.3 is 5.97 Å². The van der Waals surface area contributed by atoms with Gasteiger partial charge in [0, 0.05) is 13.0 Å². The van der Waals surface area contributed by atoms with Gasteiger partial charge in [0.1, 0.15) is 0 Å². The van der Waals surface area contributed by atoms with Gasteiger partial charge in [0.25, 0.3) is 0 Å². The molecule has 104 valence electrons. The Kier molecular flexibility index (Phi) is 4.06. The van der Waals surface area contributed by atoms with Crippen LogP contribution >= 0.6 is 0 Å². The highest BCUT2D eigenvalue weighted by Gasteiger charge is 2.37. The van der Waals surface area contributed by atoms with Crippen molar-refractivity contribution in [2.24, 2.45) is 5.73 Å². The average molecular weight is 272 g/mol. The molecule has 0 fully saturated rings. The maximum Gasteiger partial charge on any atom is 0.331 e. The Bertz CT molecular complexity index is 577. The Morgan fingerprint density at radius 2 is 2.20 bits per heavy atom. The Balaban J connectivity index is 2.34. The van der Waals surface area contributed by atoms with E-state index in [2.05, 4.69) is 5.92 Å². The fourth-order valence-corrected chi connectivity index (χ4v) is 2.50. The first-order valence-electron chi connectivity index (χ1n) is 6.36. The fourth-order valence-electron chi connectivity index (χ4n) is 2.50. The number of terminal acetylenes is 1. The number of nitrogens with zero attached hydrogens (tertiary/aromatic N) is 1. The molecule has 0 radical (unpaired) electrons. The van der Waals surface area contributed by atoms with E-state index < -0.39 is 24.0 Å². The number of carbonyl (C=O) groups excluding carboxylic acids is 1. The molecule has 0 spiro atoms. The zero-order valence-electron chi connectivity index (χ0n) is 11.0. The summed E-state index contributed by atoms with van der Waals surface area (Å²) >= 11 is 0. The third kappa shape index (κ3) is 2.51. The average Bonchev–Trinajstić information content (AvgIpc) is 2.45. The number of hydrogen-bond acceptors (Lipinski definition) is 3. The van der Waals surface area contributed by atoms with Crippen LogP contribution in [0.1, 0.15) is 23.6 Å². The van der Waals surface area contributed by atoms with E-state index in [1.165, 1.54) is 4.90 Å². The summed E-state index contributed by atoms with van der Waals surface area (Å²) in [4.78, 5) is 25.1. The van der Waals surface area contributed by atoms with Crippen molar-refractivity contribution in [1.82, 2.24) is 4.90 Å². The van der Waals surface area contributed by atoms with E-state index in [9.17, 15) is 14.7 Å². The number of amides is 1. The van der Waals surface area contributed by atoms with E-state index in [1.807, 2.05) is 12.1 Å².